The molecule has 20 heteroatoms. The van der Waals surface area contributed by atoms with Gasteiger partial charge in [0.25, 0.3) is 0 Å². The van der Waals surface area contributed by atoms with Crippen molar-refractivity contribution in [3.8, 4) is 0 Å². The van der Waals surface area contributed by atoms with Crippen LogP contribution in [0.2, 0.25) is 0 Å². The number of carbonyl (C=O) groups excluding carboxylic acids is 6. The van der Waals surface area contributed by atoms with Gasteiger partial charge >= 0.3 is 5.97 Å². The molecule has 1 heterocycles. The van der Waals surface area contributed by atoms with Crippen LogP contribution in [0.1, 0.15) is 77.7 Å². The fourth-order valence-corrected chi connectivity index (χ4v) is 6.39. The quantitative estimate of drug-likeness (QED) is 0.0276. The van der Waals surface area contributed by atoms with Crippen molar-refractivity contribution in [3.63, 3.8) is 0 Å². The number of hydrogen-bond acceptors (Lipinski definition) is 11. The number of nitrogens with one attached hydrogen (secondary N) is 7. The summed E-state index contributed by atoms with van der Waals surface area (Å²) < 4.78 is 0. The molecule has 15 N–H and O–H groups in total. The number of aliphatic hydroxyl groups is 1. The zero-order chi connectivity index (χ0) is 43.4. The number of amides is 6. The topological polar surface area (TPSA) is 337 Å². The molecule has 0 unspecified atom stereocenters. The number of likely N-dealkylation sites (tertiary alicyclic amines) is 1. The van der Waals surface area contributed by atoms with E-state index in [4.69, 9.17) is 22.6 Å². The van der Waals surface area contributed by atoms with Crippen LogP contribution in [0, 0.1) is 11.3 Å². The average molecular weight is 818 g/mol. The van der Waals surface area contributed by atoms with E-state index in [1.165, 1.54) is 11.8 Å². The minimum Gasteiger partial charge on any atom is -0.480 e. The predicted octanol–water partition coefficient (Wildman–Crippen LogP) is -2.49. The molecule has 58 heavy (non-hydrogen) atoms. The molecular formula is C38H63N11O9. The van der Waals surface area contributed by atoms with Crippen LogP contribution in [-0.4, -0.2) is 131 Å². The highest BCUT2D eigenvalue weighted by atomic mass is 16.4. The first-order valence-corrected chi connectivity index (χ1v) is 19.7. The number of unbranched alkanes of at least 4 members (excludes halogenated alkanes) is 1. The lowest BCUT2D eigenvalue weighted by molar-refractivity contribution is -0.145. The summed E-state index contributed by atoms with van der Waals surface area (Å²) in [6.07, 6.45) is 2.55. The summed E-state index contributed by atoms with van der Waals surface area (Å²) >= 11 is 0. The van der Waals surface area contributed by atoms with Gasteiger partial charge in [0.05, 0.1) is 12.6 Å². The van der Waals surface area contributed by atoms with Gasteiger partial charge in [-0.2, -0.15) is 0 Å². The van der Waals surface area contributed by atoms with Gasteiger partial charge in [-0.05, 0) is 82.7 Å². The molecule has 20 nitrogen and oxygen atoms in total. The van der Waals surface area contributed by atoms with Gasteiger partial charge in [0.1, 0.15) is 36.3 Å². The number of aliphatic carboxylic acids is 1. The molecule has 0 radical (unpaired) electrons. The molecule has 1 aliphatic heterocycles. The van der Waals surface area contributed by atoms with Crippen molar-refractivity contribution in [1.82, 2.24) is 36.8 Å². The zero-order valence-electron chi connectivity index (χ0n) is 33.6. The number of carboxylic acids is 1. The number of guanidine groups is 1. The zero-order valence-corrected chi connectivity index (χ0v) is 33.6. The Labute approximate surface area is 339 Å². The lowest BCUT2D eigenvalue weighted by Crippen LogP contribution is -2.59. The number of carboxylic acid groups (broad SMARTS) is 1. The van der Waals surface area contributed by atoms with E-state index in [-0.39, 0.29) is 57.1 Å². The van der Waals surface area contributed by atoms with Crippen LogP contribution in [0.5, 0.6) is 0 Å². The first-order valence-electron chi connectivity index (χ1n) is 19.7. The molecule has 0 bridgehead atoms. The number of nitrogens with zero attached hydrogens (tertiary/aromatic N) is 1. The summed E-state index contributed by atoms with van der Waals surface area (Å²) in [6.45, 7) is 5.06. The Morgan fingerprint density at radius 3 is 2.05 bits per heavy atom. The Bertz CT molecular complexity index is 1550. The fourth-order valence-electron chi connectivity index (χ4n) is 6.39. The Morgan fingerprint density at radius 1 is 0.828 bits per heavy atom. The summed E-state index contributed by atoms with van der Waals surface area (Å²) in [5, 5.41) is 42.2. The Hall–Kier alpha value is -5.34. The number of nitrogens with two attached hydrogens (primary N) is 3. The molecule has 1 saturated heterocycles. The van der Waals surface area contributed by atoms with Crippen molar-refractivity contribution in [3.05, 3.63) is 35.9 Å². The monoisotopic (exact) mass is 817 g/mol. The maximum Gasteiger partial charge on any atom is 0.326 e. The SMILES string of the molecule is CC(C)C[C@H](NC(=O)[C@H](C)NC(=O)[C@H](CCCCN)NC(=O)[C@H](CO)NC(=O)[C@@H](N)Cc1ccccc1)C(=O)N1CCC[C@H]1C(=O)N[C@@H](CCCNC(=N)N)C(=O)O. The Morgan fingerprint density at radius 2 is 1.45 bits per heavy atom. The normalized spacial score (nSPS) is 16.8. The summed E-state index contributed by atoms with van der Waals surface area (Å²) in [5.41, 5.74) is 17.7. The van der Waals surface area contributed by atoms with Crippen molar-refractivity contribution >= 4 is 47.4 Å². The van der Waals surface area contributed by atoms with Crippen LogP contribution >= 0.6 is 0 Å². The molecule has 0 saturated carbocycles. The highest BCUT2D eigenvalue weighted by Gasteiger charge is 2.39. The minimum absolute atomic E-state index is 0.0533. The van der Waals surface area contributed by atoms with Gasteiger partial charge in [-0.25, -0.2) is 4.79 Å². The second-order valence-corrected chi connectivity index (χ2v) is 14.9. The second kappa shape index (κ2) is 25.1. The number of carbonyl (C=O) groups is 7. The largest absolute Gasteiger partial charge is 0.480 e. The van der Waals surface area contributed by atoms with E-state index in [9.17, 15) is 43.8 Å². The van der Waals surface area contributed by atoms with E-state index >= 15 is 0 Å². The van der Waals surface area contributed by atoms with E-state index in [1.807, 2.05) is 19.9 Å². The van der Waals surface area contributed by atoms with Gasteiger partial charge < -0.3 is 64.2 Å². The van der Waals surface area contributed by atoms with E-state index in [0.29, 0.717) is 32.2 Å². The van der Waals surface area contributed by atoms with Crippen LogP contribution in [-0.2, 0) is 40.0 Å². The number of aliphatic hydroxyl groups excluding tert-OH is 1. The van der Waals surface area contributed by atoms with Gasteiger partial charge in [0.2, 0.25) is 35.4 Å². The van der Waals surface area contributed by atoms with Gasteiger partial charge in [0.15, 0.2) is 5.96 Å². The summed E-state index contributed by atoms with van der Waals surface area (Å²) in [5.74, 6) is -5.76. The number of benzene rings is 1. The summed E-state index contributed by atoms with van der Waals surface area (Å²) in [6, 6.07) is 0.872. The van der Waals surface area contributed by atoms with Crippen LogP contribution in [0.25, 0.3) is 0 Å². The molecule has 0 spiro atoms. The van der Waals surface area contributed by atoms with Gasteiger partial charge in [0, 0.05) is 13.1 Å². The van der Waals surface area contributed by atoms with Crippen molar-refractivity contribution in [1.29, 1.82) is 5.41 Å². The summed E-state index contributed by atoms with van der Waals surface area (Å²) in [4.78, 5) is 93.5. The standard InChI is InChI=1S/C38H63N11O9/c1-22(2)19-28(36(56)49-18-10-15-30(49)35(55)46-27(37(57)58)14-9-17-43-38(41)42)47-31(51)23(3)44-33(53)26(13-7-8-16-39)45-34(54)29(21-50)48-32(52)25(40)20-24-11-5-4-6-12-24/h4-6,11-12,22-23,25-30,50H,7-10,13-21,39-40H2,1-3H3,(H,44,53)(H,45,54)(H,46,55)(H,47,51)(H,48,52)(H,57,58)(H4,41,42,43)/t23-,25-,26-,27-,28-,29-,30-/m0/s1. The lowest BCUT2D eigenvalue weighted by atomic mass is 10.0. The van der Waals surface area contributed by atoms with E-state index in [2.05, 4.69) is 31.9 Å². The maximum absolute atomic E-state index is 13.9. The Balaban J connectivity index is 2.10. The van der Waals surface area contributed by atoms with Gasteiger partial charge in [-0.3, -0.25) is 34.2 Å². The maximum atomic E-state index is 13.9. The third-order valence-electron chi connectivity index (χ3n) is 9.54. The van der Waals surface area contributed by atoms with E-state index in [1.54, 1.807) is 24.3 Å². The second-order valence-electron chi connectivity index (χ2n) is 14.9. The molecule has 0 aliphatic carbocycles. The van der Waals surface area contributed by atoms with Crippen LogP contribution < -0.4 is 49.1 Å². The fraction of sp³-hybridized carbons (Fsp3) is 0.632. The third-order valence-corrected chi connectivity index (χ3v) is 9.54. The van der Waals surface area contributed by atoms with Crippen molar-refractivity contribution in [2.45, 2.75) is 121 Å². The van der Waals surface area contributed by atoms with E-state index < -0.39 is 90.3 Å². The number of rotatable bonds is 25. The van der Waals surface area contributed by atoms with Gasteiger partial charge in [-0.15, -0.1) is 0 Å². The van der Waals surface area contributed by atoms with Crippen LogP contribution in [0.3, 0.4) is 0 Å². The number of hydrogen-bond donors (Lipinski definition) is 12. The smallest absolute Gasteiger partial charge is 0.326 e. The molecule has 1 aromatic carbocycles. The molecule has 1 fully saturated rings. The first kappa shape index (κ1) is 48.8. The molecule has 2 rings (SSSR count). The van der Waals surface area contributed by atoms with Crippen LogP contribution in [0.15, 0.2) is 30.3 Å². The average Bonchev–Trinajstić information content (AvgIpc) is 3.67. The third kappa shape index (κ3) is 16.6. The molecule has 7 atom stereocenters. The van der Waals surface area contributed by atoms with Gasteiger partial charge in [-0.1, -0.05) is 44.2 Å². The molecule has 1 aromatic rings. The first-order chi connectivity index (χ1) is 27.5. The molecule has 1 aliphatic rings. The molecule has 6 amide bonds. The van der Waals surface area contributed by atoms with Crippen LogP contribution in [0.4, 0.5) is 0 Å². The molecule has 324 valence electrons. The molecule has 0 aromatic heterocycles. The van der Waals surface area contributed by atoms with Crippen molar-refractivity contribution < 1.29 is 43.8 Å². The highest BCUT2D eigenvalue weighted by molar-refractivity contribution is 5.97. The lowest BCUT2D eigenvalue weighted by Gasteiger charge is -2.31. The molecular weight excluding hydrogens is 754 g/mol. The Kier molecular flexibility index (Phi) is 21.1. The highest BCUT2D eigenvalue weighted by Crippen LogP contribution is 2.21. The summed E-state index contributed by atoms with van der Waals surface area (Å²) in [7, 11) is 0. The van der Waals surface area contributed by atoms with E-state index in [0.717, 1.165) is 5.56 Å². The van der Waals surface area contributed by atoms with Crippen molar-refractivity contribution in [2.75, 3.05) is 26.2 Å². The minimum atomic E-state index is -1.43. The van der Waals surface area contributed by atoms with Crippen molar-refractivity contribution in [2.24, 2.45) is 23.1 Å². The predicted molar refractivity (Wildman–Crippen MR) is 214 cm³/mol.